The Hall–Kier alpha value is -2.08. The summed E-state index contributed by atoms with van der Waals surface area (Å²) in [7, 11) is 1.94. The molecule has 1 aliphatic rings. The average Bonchev–Trinajstić information content (AvgIpc) is 3.19. The zero-order chi connectivity index (χ0) is 16.6. The number of nitrogens with zero attached hydrogens (tertiary/aromatic N) is 3. The number of hydrogen-bond donors (Lipinski definition) is 1. The molecule has 0 aliphatic carbocycles. The predicted octanol–water partition coefficient (Wildman–Crippen LogP) is 2.12. The number of imidazole rings is 1. The maximum atomic E-state index is 12.7. The summed E-state index contributed by atoms with van der Waals surface area (Å²) < 4.78 is 9.90. The van der Waals surface area contributed by atoms with Crippen molar-refractivity contribution in [1.29, 1.82) is 0 Å². The predicted molar refractivity (Wildman–Crippen MR) is 87.4 cm³/mol. The summed E-state index contributed by atoms with van der Waals surface area (Å²) in [5, 5.41) is 3.14. The summed E-state index contributed by atoms with van der Waals surface area (Å²) in [6, 6.07) is 1.91. The second-order valence-corrected chi connectivity index (χ2v) is 6.09. The van der Waals surface area contributed by atoms with Crippen LogP contribution >= 0.6 is 0 Å². The van der Waals surface area contributed by atoms with E-state index in [0.29, 0.717) is 6.61 Å². The van der Waals surface area contributed by atoms with Gasteiger partial charge < -0.3 is 19.2 Å². The van der Waals surface area contributed by atoms with Crippen LogP contribution in [0.15, 0.2) is 18.5 Å². The largest absolute Gasteiger partial charge is 0.368 e. The van der Waals surface area contributed by atoms with Crippen molar-refractivity contribution < 1.29 is 9.53 Å². The third-order valence-corrected chi connectivity index (χ3v) is 4.66. The molecule has 3 rings (SSSR count). The fourth-order valence-corrected chi connectivity index (χ4v) is 3.41. The standard InChI is InChI=1S/C17H24N4O2/c1-5-21-11(2)10-13(12(21)3)17(22)19-14-6-9-23-15(14)16-18-7-8-20(16)4/h7-8,10,14-15H,5-6,9H2,1-4H3,(H,19,22)/t14-,15-/m0/s1. The molecule has 1 amide bonds. The van der Waals surface area contributed by atoms with E-state index in [1.165, 1.54) is 0 Å². The van der Waals surface area contributed by atoms with Gasteiger partial charge in [-0.05, 0) is 33.3 Å². The van der Waals surface area contributed by atoms with Gasteiger partial charge in [0.1, 0.15) is 11.9 Å². The lowest BCUT2D eigenvalue weighted by Crippen LogP contribution is -2.37. The monoisotopic (exact) mass is 316 g/mol. The van der Waals surface area contributed by atoms with Crippen LogP contribution < -0.4 is 5.32 Å². The Balaban J connectivity index is 1.79. The van der Waals surface area contributed by atoms with Gasteiger partial charge in [0.15, 0.2) is 0 Å². The molecule has 1 aliphatic heterocycles. The molecule has 2 aromatic rings. The molecular formula is C17H24N4O2. The number of carbonyl (C=O) groups excluding carboxylic acids is 1. The molecule has 124 valence electrons. The minimum atomic E-state index is -0.186. The fourth-order valence-electron chi connectivity index (χ4n) is 3.41. The smallest absolute Gasteiger partial charge is 0.253 e. The Bertz CT molecular complexity index is 716. The first kappa shape index (κ1) is 15.8. The van der Waals surface area contributed by atoms with E-state index in [0.717, 1.165) is 35.7 Å². The first-order valence-corrected chi connectivity index (χ1v) is 8.09. The van der Waals surface area contributed by atoms with Crippen molar-refractivity contribution in [1.82, 2.24) is 19.4 Å². The minimum Gasteiger partial charge on any atom is -0.368 e. The summed E-state index contributed by atoms with van der Waals surface area (Å²) in [6.07, 6.45) is 4.26. The highest BCUT2D eigenvalue weighted by molar-refractivity contribution is 5.96. The van der Waals surface area contributed by atoms with E-state index in [1.54, 1.807) is 6.20 Å². The highest BCUT2D eigenvalue weighted by Crippen LogP contribution is 2.28. The first-order valence-electron chi connectivity index (χ1n) is 8.09. The number of nitrogens with one attached hydrogen (secondary N) is 1. The van der Waals surface area contributed by atoms with Crippen molar-refractivity contribution in [2.45, 2.75) is 45.9 Å². The molecule has 6 nitrogen and oxygen atoms in total. The van der Waals surface area contributed by atoms with E-state index >= 15 is 0 Å². The Morgan fingerprint density at radius 2 is 2.26 bits per heavy atom. The molecule has 3 heterocycles. The van der Waals surface area contributed by atoms with Gasteiger partial charge in [-0.25, -0.2) is 4.98 Å². The summed E-state index contributed by atoms with van der Waals surface area (Å²) in [5.74, 6) is 0.819. The molecule has 6 heteroatoms. The van der Waals surface area contributed by atoms with Crippen molar-refractivity contribution in [3.63, 3.8) is 0 Å². The van der Waals surface area contributed by atoms with Crippen LogP contribution in [0.5, 0.6) is 0 Å². The second kappa shape index (κ2) is 6.20. The topological polar surface area (TPSA) is 61.1 Å². The Labute approximate surface area is 136 Å². The number of ether oxygens (including phenoxy) is 1. The van der Waals surface area contributed by atoms with Gasteiger partial charge in [-0.2, -0.15) is 0 Å². The lowest BCUT2D eigenvalue weighted by Gasteiger charge is -2.19. The number of hydrogen-bond acceptors (Lipinski definition) is 3. The molecule has 1 N–H and O–H groups in total. The zero-order valence-electron chi connectivity index (χ0n) is 14.2. The van der Waals surface area contributed by atoms with Crippen LogP contribution in [0.25, 0.3) is 0 Å². The van der Waals surface area contributed by atoms with Crippen molar-refractivity contribution >= 4 is 5.91 Å². The quantitative estimate of drug-likeness (QED) is 0.940. The normalized spacial score (nSPS) is 20.9. The van der Waals surface area contributed by atoms with Crippen molar-refractivity contribution in [3.8, 4) is 0 Å². The fraction of sp³-hybridized carbons (Fsp3) is 0.529. The van der Waals surface area contributed by atoms with Gasteiger partial charge >= 0.3 is 0 Å². The molecule has 0 saturated carbocycles. The SMILES string of the molecule is CCn1c(C)cc(C(=O)N[C@H]2CCO[C@@H]2c2nccn2C)c1C. The van der Waals surface area contributed by atoms with Gasteiger partial charge in [-0.1, -0.05) is 0 Å². The molecule has 1 fully saturated rings. The maximum Gasteiger partial charge on any atom is 0.253 e. The summed E-state index contributed by atoms with van der Waals surface area (Å²) in [5.41, 5.74) is 2.86. The van der Waals surface area contributed by atoms with Crippen molar-refractivity contribution in [2.24, 2.45) is 7.05 Å². The van der Waals surface area contributed by atoms with Gasteiger partial charge in [0, 0.05) is 44.0 Å². The van der Waals surface area contributed by atoms with Gasteiger partial charge in [0.05, 0.1) is 11.6 Å². The van der Waals surface area contributed by atoms with Gasteiger partial charge in [-0.15, -0.1) is 0 Å². The number of carbonyl (C=O) groups is 1. The second-order valence-electron chi connectivity index (χ2n) is 6.09. The first-order chi connectivity index (χ1) is 11.0. The molecule has 0 radical (unpaired) electrons. The third kappa shape index (κ3) is 2.79. The molecule has 2 atom stereocenters. The molecule has 0 unspecified atom stereocenters. The highest BCUT2D eigenvalue weighted by atomic mass is 16.5. The van der Waals surface area contributed by atoms with E-state index < -0.39 is 0 Å². The third-order valence-electron chi connectivity index (χ3n) is 4.66. The number of aryl methyl sites for hydroxylation is 2. The van der Waals surface area contributed by atoms with Gasteiger partial charge in [-0.3, -0.25) is 4.79 Å². The van der Waals surface area contributed by atoms with E-state index in [2.05, 4.69) is 21.8 Å². The Morgan fingerprint density at radius 1 is 1.48 bits per heavy atom. The molecule has 1 saturated heterocycles. The number of rotatable bonds is 4. The van der Waals surface area contributed by atoms with Crippen molar-refractivity contribution in [3.05, 3.63) is 41.2 Å². The summed E-state index contributed by atoms with van der Waals surface area (Å²) in [6.45, 7) is 7.61. The van der Waals surface area contributed by atoms with Crippen LogP contribution in [0.1, 0.15) is 47.0 Å². The molecule has 0 bridgehead atoms. The van der Waals surface area contributed by atoms with Crippen LogP contribution in [0.4, 0.5) is 0 Å². The van der Waals surface area contributed by atoms with Crippen LogP contribution in [-0.2, 0) is 18.3 Å². The van der Waals surface area contributed by atoms with Gasteiger partial charge in [0.25, 0.3) is 5.91 Å². The lowest BCUT2D eigenvalue weighted by molar-refractivity contribution is 0.0778. The van der Waals surface area contributed by atoms with Crippen LogP contribution in [0, 0.1) is 13.8 Å². The van der Waals surface area contributed by atoms with E-state index in [9.17, 15) is 4.79 Å². The Kier molecular flexibility index (Phi) is 4.26. The summed E-state index contributed by atoms with van der Waals surface area (Å²) >= 11 is 0. The molecule has 0 spiro atoms. The van der Waals surface area contributed by atoms with Crippen LogP contribution in [-0.4, -0.2) is 32.7 Å². The lowest BCUT2D eigenvalue weighted by atomic mass is 10.1. The van der Waals surface area contributed by atoms with Gasteiger partial charge in [0.2, 0.25) is 0 Å². The number of amides is 1. The Morgan fingerprint density at radius 3 is 2.87 bits per heavy atom. The minimum absolute atomic E-state index is 0.0347. The molecular weight excluding hydrogens is 292 g/mol. The van der Waals surface area contributed by atoms with Crippen LogP contribution in [0.3, 0.4) is 0 Å². The van der Waals surface area contributed by atoms with Crippen molar-refractivity contribution in [2.75, 3.05) is 6.61 Å². The maximum absolute atomic E-state index is 12.7. The average molecular weight is 316 g/mol. The van der Waals surface area contributed by atoms with E-state index in [4.69, 9.17) is 4.74 Å². The number of aromatic nitrogens is 3. The zero-order valence-corrected chi connectivity index (χ0v) is 14.2. The summed E-state index contributed by atoms with van der Waals surface area (Å²) in [4.78, 5) is 17.1. The molecule has 2 aromatic heterocycles. The van der Waals surface area contributed by atoms with E-state index in [-0.39, 0.29) is 18.1 Å². The molecule has 0 aromatic carbocycles. The van der Waals surface area contributed by atoms with Crippen LogP contribution in [0.2, 0.25) is 0 Å². The van der Waals surface area contributed by atoms with E-state index in [1.807, 2.05) is 37.7 Å². The molecule has 23 heavy (non-hydrogen) atoms. The highest BCUT2D eigenvalue weighted by Gasteiger charge is 2.34.